The minimum Gasteiger partial charge on any atom is -0.508 e. The summed E-state index contributed by atoms with van der Waals surface area (Å²) >= 11 is 1.47. The third kappa shape index (κ3) is 33.3. The highest BCUT2D eigenvalue weighted by Gasteiger charge is 2.42. The van der Waals surface area contributed by atoms with E-state index in [1.165, 1.54) is 102 Å². The van der Waals surface area contributed by atoms with Crippen LogP contribution >= 0.6 is 11.8 Å². The van der Waals surface area contributed by atoms with E-state index in [1.54, 1.807) is 56.3 Å². The number of carbonyl (C=O) groups excluding carboxylic acids is 13. The molecular formula is C83H114N18O22S. The highest BCUT2D eigenvalue weighted by atomic mass is 32.2. The molecule has 674 valence electrons. The van der Waals surface area contributed by atoms with Crippen molar-refractivity contribution in [2.45, 2.75) is 176 Å². The maximum atomic E-state index is 14.6. The van der Waals surface area contributed by atoms with E-state index < -0.39 is 200 Å². The van der Waals surface area contributed by atoms with E-state index in [2.05, 4.69) is 69.1 Å². The molecule has 0 unspecified atom stereocenters. The number of thioether (sulfide) groups is 1. The number of aliphatic carboxylic acids is 1. The predicted octanol–water partition coefficient (Wildman–Crippen LogP) is -4.35. The second kappa shape index (κ2) is 51.3. The molecule has 13 amide bonds. The van der Waals surface area contributed by atoms with Crippen LogP contribution in [0.5, 0.6) is 23.0 Å². The lowest BCUT2D eigenvalue weighted by Crippen LogP contribution is -2.61. The van der Waals surface area contributed by atoms with Gasteiger partial charge in [0.2, 0.25) is 76.8 Å². The van der Waals surface area contributed by atoms with E-state index in [9.17, 15) is 108 Å². The summed E-state index contributed by atoms with van der Waals surface area (Å²) in [6.45, 7) is -0.871. The first-order valence-corrected chi connectivity index (χ1v) is 41.7. The summed E-state index contributed by atoms with van der Waals surface area (Å²) in [7, 11) is 0. The highest BCUT2D eigenvalue weighted by Crippen LogP contribution is 2.24. The number of carbonyl (C=O) groups is 14. The van der Waals surface area contributed by atoms with Gasteiger partial charge in [0.05, 0.1) is 32.4 Å². The fraction of sp³-hybridized carbons (Fsp3) is 0.458. The van der Waals surface area contributed by atoms with Crippen LogP contribution in [-0.2, 0) is 99.2 Å². The lowest BCUT2D eigenvalue weighted by atomic mass is 9.99. The van der Waals surface area contributed by atoms with Gasteiger partial charge in [0, 0.05) is 45.2 Å². The molecule has 41 heteroatoms. The van der Waals surface area contributed by atoms with E-state index >= 15 is 0 Å². The molecule has 1 aliphatic rings. The molecule has 1 saturated heterocycles. The Bertz CT molecular complexity index is 4410. The zero-order chi connectivity index (χ0) is 91.1. The molecule has 5 aromatic rings. The molecule has 28 N–H and O–H groups in total. The lowest BCUT2D eigenvalue weighted by Gasteiger charge is -2.32. The van der Waals surface area contributed by atoms with Crippen LogP contribution in [0.3, 0.4) is 0 Å². The summed E-state index contributed by atoms with van der Waals surface area (Å²) in [5.74, 6) is -15.2. The number of hydrogen-bond donors (Lipinski definition) is 25. The van der Waals surface area contributed by atoms with Crippen LogP contribution in [0.15, 0.2) is 127 Å². The number of benzene rings is 5. The molecule has 40 nitrogen and oxygen atoms in total. The number of nitrogens with two attached hydrogens (primary N) is 3. The maximum Gasteiger partial charge on any atom is 0.326 e. The zero-order valence-electron chi connectivity index (χ0n) is 68.9. The fourth-order valence-electron chi connectivity index (χ4n) is 13.1. The molecule has 1 aliphatic heterocycles. The van der Waals surface area contributed by atoms with Crippen molar-refractivity contribution in [3.63, 3.8) is 0 Å². The Morgan fingerprint density at radius 3 is 1.23 bits per heavy atom. The average molecular weight is 1750 g/mol. The number of guanidine groups is 1. The molecule has 0 bridgehead atoms. The van der Waals surface area contributed by atoms with Gasteiger partial charge < -0.3 is 132 Å². The van der Waals surface area contributed by atoms with Gasteiger partial charge in [-0.25, -0.2) is 4.79 Å². The van der Waals surface area contributed by atoms with Crippen LogP contribution in [0.4, 0.5) is 0 Å². The summed E-state index contributed by atoms with van der Waals surface area (Å²) in [6.07, 6.45) is 1.51. The van der Waals surface area contributed by atoms with Crippen molar-refractivity contribution >= 4 is 100 Å². The van der Waals surface area contributed by atoms with Crippen molar-refractivity contribution in [2.75, 3.05) is 58.0 Å². The number of phenolic OH excluding ortho intramolecular Hbond substituents is 4. The number of aromatic hydroxyl groups is 4. The van der Waals surface area contributed by atoms with Crippen LogP contribution in [0.1, 0.15) is 93.0 Å². The number of nitrogens with one attached hydrogen (secondary N) is 14. The molecule has 1 fully saturated rings. The standard InChI is InChI=1S/C83H114N18O22S/c1-46(2)69(100-77(117)62(40-51-22-30-55(108)31-23-51)92-70(110)56(85)32-36-124-3)81(121)101-35-10-15-67(101)80(120)95-61(39-50-20-28-54(107)29-21-50)76(116)99-66(45-104)79(119)97-64(43-102)71(111)89-42-68(109)90-57(13-7-8-33-84)72(112)93-60(38-49-18-26-53(106)27-19-49)75(115)98-65(44-103)78(118)94-59(37-48-16-24-52(105)25-17-48)74(114)91-58(14-9-34-88-83(86)87)73(113)96-63(82(122)123)41-47-11-5-4-6-12-47/h4-6,11-12,16-31,46,56-67,69,102-108H,7-10,13-15,32-45,84-85H2,1-3H3,(H,89,111)(H,90,109)(H,91,114)(H,92,110)(H,93,112)(H,94,118)(H,95,120)(H,96,113)(H,97,119)(H,98,115)(H,99,116)(H,100,117)(H,122,123)(H4,86,87,88)/t56-,57-,58-,59-,60-,61-,62-,63-,64-,65-,66-,67-,69-/m0/s1. The van der Waals surface area contributed by atoms with Crippen LogP contribution in [0.25, 0.3) is 0 Å². The third-order valence-corrected chi connectivity index (χ3v) is 20.7. The normalized spacial score (nSPS) is 15.2. The van der Waals surface area contributed by atoms with Gasteiger partial charge in [-0.3, -0.25) is 67.7 Å². The molecule has 5 aromatic carbocycles. The number of rotatable bonds is 51. The summed E-state index contributed by atoms with van der Waals surface area (Å²) in [4.78, 5) is 198. The number of aliphatic hydroxyl groups is 3. The quantitative estimate of drug-likeness (QED) is 0.00994. The van der Waals surface area contributed by atoms with Gasteiger partial charge in [-0.05, 0) is 152 Å². The monoisotopic (exact) mass is 1750 g/mol. The SMILES string of the molecule is CSCC[C@H](N)C(=O)N[C@@H](Cc1ccc(O)cc1)C(=O)N[C@H](C(=O)N1CCC[C@H]1C(=O)N[C@@H](Cc1ccc(O)cc1)C(=O)N[C@@H](CO)C(=O)N[C@@H](CO)C(=O)NCC(=O)N[C@@H](CCCCN)C(=O)N[C@@H](Cc1ccc(O)cc1)C(=O)N[C@@H](CO)C(=O)N[C@@H](Cc1ccc(O)cc1)C(=O)N[C@@H](CCCNC(=N)N)C(=O)N[C@@H](Cc1ccccc1)C(=O)O)C(C)C. The number of aliphatic hydroxyl groups excluding tert-OH is 3. The van der Waals surface area contributed by atoms with Crippen LogP contribution in [0.2, 0.25) is 0 Å². The summed E-state index contributed by atoms with van der Waals surface area (Å²) in [6, 6.07) is 10.7. The Morgan fingerprint density at radius 1 is 0.444 bits per heavy atom. The zero-order valence-corrected chi connectivity index (χ0v) is 69.8. The molecule has 0 aliphatic carbocycles. The number of hydrogen-bond acceptors (Lipinski definition) is 25. The predicted molar refractivity (Wildman–Crippen MR) is 453 cm³/mol. The second-order valence-electron chi connectivity index (χ2n) is 30.0. The molecule has 0 saturated carbocycles. The fourth-order valence-corrected chi connectivity index (χ4v) is 13.6. The van der Waals surface area contributed by atoms with Gasteiger partial charge in [0.15, 0.2) is 5.96 Å². The summed E-state index contributed by atoms with van der Waals surface area (Å²) in [5, 5.41) is 122. The smallest absolute Gasteiger partial charge is 0.326 e. The maximum absolute atomic E-state index is 14.6. The summed E-state index contributed by atoms with van der Waals surface area (Å²) in [5.41, 5.74) is 19.6. The van der Waals surface area contributed by atoms with Crippen molar-refractivity contribution in [1.29, 1.82) is 5.41 Å². The van der Waals surface area contributed by atoms with Crippen LogP contribution in [0, 0.1) is 11.3 Å². The van der Waals surface area contributed by atoms with Crippen LogP contribution < -0.4 is 86.3 Å². The third-order valence-electron chi connectivity index (χ3n) is 20.1. The average Bonchev–Trinajstić information content (AvgIpc) is 1.71. The minimum absolute atomic E-state index is 0.0289. The van der Waals surface area contributed by atoms with E-state index in [-0.39, 0.29) is 107 Å². The first-order valence-electron chi connectivity index (χ1n) is 40.3. The Kier molecular flexibility index (Phi) is 41.4. The molecule has 0 aromatic heterocycles. The second-order valence-corrected chi connectivity index (χ2v) is 31.0. The highest BCUT2D eigenvalue weighted by molar-refractivity contribution is 7.98. The van der Waals surface area contributed by atoms with Crippen LogP contribution in [-0.4, -0.2) is 271 Å². The van der Waals surface area contributed by atoms with Crippen molar-refractivity contribution < 1.29 is 108 Å². The van der Waals surface area contributed by atoms with Crippen molar-refractivity contribution in [3.05, 3.63) is 155 Å². The number of unbranched alkanes of at least 4 members (excludes halogenated alkanes) is 1. The number of carboxylic acid groups (broad SMARTS) is 1. The number of amides is 13. The molecule has 124 heavy (non-hydrogen) atoms. The Hall–Kier alpha value is -12.7. The number of likely N-dealkylation sites (tertiary alicyclic amines) is 1. The number of nitrogens with zero attached hydrogens (tertiary/aromatic N) is 1. The molecule has 6 rings (SSSR count). The Morgan fingerprint density at radius 2 is 0.806 bits per heavy atom. The van der Waals surface area contributed by atoms with Crippen molar-refractivity contribution in [1.82, 2.24) is 74.0 Å². The van der Waals surface area contributed by atoms with E-state index in [4.69, 9.17) is 22.6 Å². The Balaban J connectivity index is 1.13. The molecule has 13 atom stereocenters. The van der Waals surface area contributed by atoms with E-state index in [0.717, 1.165) is 0 Å². The lowest BCUT2D eigenvalue weighted by molar-refractivity contribution is -0.143. The van der Waals surface area contributed by atoms with Gasteiger partial charge in [0.1, 0.15) is 95.5 Å². The van der Waals surface area contributed by atoms with Crippen molar-refractivity contribution in [3.8, 4) is 23.0 Å². The van der Waals surface area contributed by atoms with Gasteiger partial charge in [0.25, 0.3) is 0 Å². The van der Waals surface area contributed by atoms with E-state index in [1.807, 2.05) is 6.26 Å². The van der Waals surface area contributed by atoms with E-state index in [0.29, 0.717) is 52.8 Å². The van der Waals surface area contributed by atoms with Crippen molar-refractivity contribution in [2.24, 2.45) is 23.1 Å². The van der Waals surface area contributed by atoms with Gasteiger partial charge in [-0.1, -0.05) is 92.7 Å². The first kappa shape index (κ1) is 100. The molecule has 0 radical (unpaired) electrons. The summed E-state index contributed by atoms with van der Waals surface area (Å²) < 4.78 is 0. The van der Waals surface area contributed by atoms with Gasteiger partial charge in [-0.2, -0.15) is 11.8 Å². The number of carboxylic acids is 1. The topological polar surface area (TPSA) is 662 Å². The largest absolute Gasteiger partial charge is 0.508 e. The number of phenols is 4. The molecule has 0 spiro atoms. The molecular weight excluding hydrogens is 1630 g/mol. The minimum atomic E-state index is -1.91. The van der Waals surface area contributed by atoms with Gasteiger partial charge in [-0.15, -0.1) is 0 Å². The van der Waals surface area contributed by atoms with Gasteiger partial charge >= 0.3 is 5.97 Å². The molecule has 1 heterocycles. The Labute approximate surface area is 719 Å². The first-order chi connectivity index (χ1) is 59.1.